The summed E-state index contributed by atoms with van der Waals surface area (Å²) in [6, 6.07) is 12.5. The number of anilines is 2. The Balaban J connectivity index is 1.21. The fourth-order valence-electron chi connectivity index (χ4n) is 4.79. The second-order valence-corrected chi connectivity index (χ2v) is 9.79. The Morgan fingerprint density at radius 1 is 1.11 bits per heavy atom. The lowest BCUT2D eigenvalue weighted by Crippen LogP contribution is -2.46. The molecule has 2 aromatic carbocycles. The fraction of sp³-hybridized carbons (Fsp3) is 0.321. The van der Waals surface area contributed by atoms with E-state index in [2.05, 4.69) is 25.5 Å². The number of nitrogens with one attached hydrogen (secondary N) is 2. The van der Waals surface area contributed by atoms with Crippen LogP contribution in [0.2, 0.25) is 0 Å². The Labute approximate surface area is 219 Å². The SMILES string of the molecule is CC(O)CN1CCC(NC(=O)c2ccc(Nc3ncc4ccn(Cc5cc(F)cc(F)c5)c4n3)cc2)CC1. The third-order valence-electron chi connectivity index (χ3n) is 6.63. The zero-order valence-corrected chi connectivity index (χ0v) is 21.1. The van der Waals surface area contributed by atoms with Crippen LogP contribution in [0.3, 0.4) is 0 Å². The molecule has 3 N–H and O–H groups in total. The predicted octanol–water partition coefficient (Wildman–Crippen LogP) is 4.08. The molecule has 1 atom stereocenters. The first-order valence-corrected chi connectivity index (χ1v) is 12.7. The number of hydrogen-bond donors (Lipinski definition) is 3. The molecule has 5 rings (SSSR count). The van der Waals surface area contributed by atoms with E-state index in [0.717, 1.165) is 43.1 Å². The van der Waals surface area contributed by atoms with E-state index in [0.29, 0.717) is 29.3 Å². The number of piperidine rings is 1. The second-order valence-electron chi connectivity index (χ2n) is 9.79. The summed E-state index contributed by atoms with van der Waals surface area (Å²) < 4.78 is 29.0. The van der Waals surface area contributed by atoms with E-state index in [9.17, 15) is 18.7 Å². The molecule has 1 amide bonds. The molecular formula is C28H30F2N6O2. The number of hydrogen-bond acceptors (Lipinski definition) is 6. The summed E-state index contributed by atoms with van der Waals surface area (Å²) in [5.74, 6) is -0.994. The summed E-state index contributed by atoms with van der Waals surface area (Å²) in [6.07, 6.45) is 4.84. The normalized spacial score (nSPS) is 15.5. The van der Waals surface area contributed by atoms with Crippen molar-refractivity contribution in [1.82, 2.24) is 24.8 Å². The lowest BCUT2D eigenvalue weighted by molar-refractivity contribution is 0.0861. The number of rotatable bonds is 8. The minimum Gasteiger partial charge on any atom is -0.392 e. The summed E-state index contributed by atoms with van der Waals surface area (Å²) in [7, 11) is 0. The van der Waals surface area contributed by atoms with Gasteiger partial charge in [-0.25, -0.2) is 13.8 Å². The van der Waals surface area contributed by atoms with Crippen LogP contribution in [0.4, 0.5) is 20.4 Å². The topological polar surface area (TPSA) is 95.3 Å². The Hall–Kier alpha value is -3.89. The molecule has 0 saturated carbocycles. The van der Waals surface area contributed by atoms with Crippen LogP contribution in [0.1, 0.15) is 35.7 Å². The Morgan fingerprint density at radius 3 is 2.50 bits per heavy atom. The highest BCUT2D eigenvalue weighted by Gasteiger charge is 2.21. The number of β-amino-alcohol motifs (C(OH)–C–C–N with tert-alkyl or cyclic N) is 1. The highest BCUT2D eigenvalue weighted by atomic mass is 19.1. The molecule has 1 unspecified atom stereocenters. The van der Waals surface area contributed by atoms with Crippen molar-refractivity contribution in [3.8, 4) is 0 Å². The van der Waals surface area contributed by atoms with Crippen molar-refractivity contribution in [2.24, 2.45) is 0 Å². The van der Waals surface area contributed by atoms with Crippen LogP contribution in [-0.4, -0.2) is 62.2 Å². The molecule has 4 aromatic rings. The molecule has 0 spiro atoms. The second kappa shape index (κ2) is 11.2. The number of halogens is 2. The molecular weight excluding hydrogens is 490 g/mol. The lowest BCUT2D eigenvalue weighted by atomic mass is 10.0. The monoisotopic (exact) mass is 520 g/mol. The number of nitrogens with zero attached hydrogens (tertiary/aromatic N) is 4. The third kappa shape index (κ3) is 6.32. The molecule has 3 heterocycles. The van der Waals surface area contributed by atoms with Gasteiger partial charge in [0, 0.05) is 67.3 Å². The number of carbonyl (C=O) groups excluding carboxylic acids is 1. The van der Waals surface area contributed by atoms with E-state index < -0.39 is 11.6 Å². The van der Waals surface area contributed by atoms with Crippen LogP contribution in [0, 0.1) is 11.6 Å². The van der Waals surface area contributed by atoms with Crippen molar-refractivity contribution in [3.05, 3.63) is 83.7 Å². The number of likely N-dealkylation sites (tertiary alicyclic amines) is 1. The van der Waals surface area contributed by atoms with Gasteiger partial charge in [0.25, 0.3) is 5.91 Å². The summed E-state index contributed by atoms with van der Waals surface area (Å²) in [6.45, 7) is 4.41. The van der Waals surface area contributed by atoms with Crippen LogP contribution in [0.25, 0.3) is 11.0 Å². The number of benzene rings is 2. The number of aromatic nitrogens is 3. The van der Waals surface area contributed by atoms with Crippen LogP contribution >= 0.6 is 0 Å². The molecule has 1 fully saturated rings. The molecule has 1 aliphatic heterocycles. The van der Waals surface area contributed by atoms with Gasteiger partial charge in [0.15, 0.2) is 0 Å². The first kappa shape index (κ1) is 25.7. The quantitative estimate of drug-likeness (QED) is 0.324. The summed E-state index contributed by atoms with van der Waals surface area (Å²) >= 11 is 0. The van der Waals surface area contributed by atoms with Gasteiger partial charge >= 0.3 is 0 Å². The Kier molecular flexibility index (Phi) is 7.62. The van der Waals surface area contributed by atoms with E-state index in [-0.39, 0.29) is 24.6 Å². The van der Waals surface area contributed by atoms with Gasteiger partial charge in [-0.15, -0.1) is 0 Å². The largest absolute Gasteiger partial charge is 0.392 e. The van der Waals surface area contributed by atoms with Crippen molar-refractivity contribution in [2.45, 2.75) is 38.5 Å². The Bertz CT molecular complexity index is 1390. The van der Waals surface area contributed by atoms with E-state index in [1.165, 1.54) is 12.1 Å². The van der Waals surface area contributed by atoms with Gasteiger partial charge in [0.2, 0.25) is 5.95 Å². The molecule has 38 heavy (non-hydrogen) atoms. The smallest absolute Gasteiger partial charge is 0.251 e. The van der Waals surface area contributed by atoms with Gasteiger partial charge in [-0.05, 0) is 67.8 Å². The highest BCUT2D eigenvalue weighted by molar-refractivity contribution is 5.94. The van der Waals surface area contributed by atoms with Gasteiger partial charge in [-0.2, -0.15) is 4.98 Å². The van der Waals surface area contributed by atoms with Crippen LogP contribution in [-0.2, 0) is 6.54 Å². The van der Waals surface area contributed by atoms with Crippen molar-refractivity contribution in [1.29, 1.82) is 0 Å². The molecule has 1 aliphatic rings. The molecule has 0 aliphatic carbocycles. The van der Waals surface area contributed by atoms with Crippen LogP contribution in [0.15, 0.2) is 60.9 Å². The van der Waals surface area contributed by atoms with Gasteiger partial charge < -0.3 is 25.2 Å². The molecule has 198 valence electrons. The molecule has 1 saturated heterocycles. The van der Waals surface area contributed by atoms with Crippen LogP contribution in [0.5, 0.6) is 0 Å². The number of aliphatic hydroxyl groups excluding tert-OH is 1. The van der Waals surface area contributed by atoms with Crippen molar-refractivity contribution >= 4 is 28.6 Å². The Morgan fingerprint density at radius 2 is 1.82 bits per heavy atom. The maximum atomic E-state index is 13.6. The van der Waals surface area contributed by atoms with E-state index in [1.807, 2.05) is 6.07 Å². The summed E-state index contributed by atoms with van der Waals surface area (Å²) in [5.41, 5.74) is 2.40. The maximum absolute atomic E-state index is 13.6. The van der Waals surface area contributed by atoms with Gasteiger partial charge in [0.1, 0.15) is 17.3 Å². The van der Waals surface area contributed by atoms with Crippen LogP contribution < -0.4 is 10.6 Å². The maximum Gasteiger partial charge on any atom is 0.251 e. The first-order chi connectivity index (χ1) is 18.3. The van der Waals surface area contributed by atoms with Crippen molar-refractivity contribution < 1.29 is 18.7 Å². The number of aliphatic hydroxyl groups is 1. The van der Waals surface area contributed by atoms with Gasteiger partial charge in [-0.1, -0.05) is 0 Å². The van der Waals surface area contributed by atoms with Crippen molar-refractivity contribution in [2.75, 3.05) is 25.0 Å². The van der Waals surface area contributed by atoms with Gasteiger partial charge in [0.05, 0.1) is 6.10 Å². The number of carbonyl (C=O) groups is 1. The number of amides is 1. The third-order valence-corrected chi connectivity index (χ3v) is 6.63. The standard InChI is InChI=1S/C28H30F2N6O2/c1-18(37)16-35-9-7-25(8-10-35)32-27(38)20-2-4-24(5-3-20)33-28-31-15-21-6-11-36(26(21)34-28)17-19-12-22(29)14-23(30)13-19/h2-6,11-15,18,25,37H,7-10,16-17H2,1H3,(H,32,38)(H,31,33,34). The van der Waals surface area contributed by atoms with E-state index in [1.54, 1.807) is 48.1 Å². The van der Waals surface area contributed by atoms with Gasteiger partial charge in [-0.3, -0.25) is 4.79 Å². The van der Waals surface area contributed by atoms with E-state index >= 15 is 0 Å². The lowest BCUT2D eigenvalue weighted by Gasteiger charge is -2.32. The van der Waals surface area contributed by atoms with E-state index in [4.69, 9.17) is 0 Å². The average Bonchev–Trinajstić information content (AvgIpc) is 3.26. The fourth-order valence-corrected chi connectivity index (χ4v) is 4.79. The minimum absolute atomic E-state index is 0.116. The summed E-state index contributed by atoms with van der Waals surface area (Å²) in [4.78, 5) is 23.9. The molecule has 0 bridgehead atoms. The summed E-state index contributed by atoms with van der Waals surface area (Å²) in [5, 5.41) is 16.6. The number of fused-ring (bicyclic) bond motifs is 1. The molecule has 10 heteroatoms. The molecule has 8 nitrogen and oxygen atoms in total. The molecule has 2 aromatic heterocycles. The average molecular weight is 521 g/mol. The highest BCUT2D eigenvalue weighted by Crippen LogP contribution is 2.20. The van der Waals surface area contributed by atoms with Crippen molar-refractivity contribution in [3.63, 3.8) is 0 Å². The first-order valence-electron chi connectivity index (χ1n) is 12.7. The minimum atomic E-state index is -0.622. The predicted molar refractivity (Wildman–Crippen MR) is 141 cm³/mol. The molecule has 0 radical (unpaired) electrons. The zero-order chi connectivity index (χ0) is 26.6. The zero-order valence-electron chi connectivity index (χ0n) is 21.1.